The van der Waals surface area contributed by atoms with Gasteiger partial charge in [0.05, 0.1) is 18.4 Å². The molecule has 0 amide bonds. The van der Waals surface area contributed by atoms with Crippen molar-refractivity contribution in [1.82, 2.24) is 4.98 Å². The third kappa shape index (κ3) is 2.79. The zero-order chi connectivity index (χ0) is 14.7. The normalized spacial score (nSPS) is 10.6. The topological polar surface area (TPSA) is 59.4 Å². The molecule has 20 heavy (non-hydrogen) atoms. The third-order valence-electron chi connectivity index (χ3n) is 3.17. The van der Waals surface area contributed by atoms with Crippen LogP contribution in [0.15, 0.2) is 36.5 Å². The molecule has 0 saturated heterocycles. The fourth-order valence-electron chi connectivity index (χ4n) is 2.00. The largest absolute Gasteiger partial charge is 0.496 e. The minimum Gasteiger partial charge on any atom is -0.496 e. The molecule has 0 aliphatic heterocycles. The predicted octanol–water partition coefficient (Wildman–Crippen LogP) is 3.58. The second kappa shape index (κ2) is 5.74. The van der Waals surface area contributed by atoms with Crippen LogP contribution in [0.3, 0.4) is 0 Å². The molecule has 0 atom stereocenters. The molecule has 104 valence electrons. The number of nitrogens with zero attached hydrogens (tertiary/aromatic N) is 1. The minimum atomic E-state index is -0.965. The summed E-state index contributed by atoms with van der Waals surface area (Å²) in [4.78, 5) is 15.3. The molecular weight excluding hydrogens is 254 g/mol. The Bertz CT molecular complexity index is 635. The highest BCUT2D eigenvalue weighted by Gasteiger charge is 2.12. The van der Waals surface area contributed by atoms with E-state index in [-0.39, 0.29) is 5.56 Å². The van der Waals surface area contributed by atoms with Crippen molar-refractivity contribution in [2.75, 3.05) is 7.11 Å². The SMILES string of the molecule is COc1ccc(C(C)C)cc1-c1cc(C(=O)O)ccn1. The summed E-state index contributed by atoms with van der Waals surface area (Å²) < 4.78 is 5.35. The Balaban J connectivity index is 2.57. The van der Waals surface area contributed by atoms with Gasteiger partial charge in [-0.25, -0.2) is 4.79 Å². The average molecular weight is 271 g/mol. The first-order valence-electron chi connectivity index (χ1n) is 6.40. The quantitative estimate of drug-likeness (QED) is 0.923. The Hall–Kier alpha value is -2.36. The fourth-order valence-corrected chi connectivity index (χ4v) is 2.00. The third-order valence-corrected chi connectivity index (χ3v) is 3.17. The van der Waals surface area contributed by atoms with E-state index >= 15 is 0 Å². The molecule has 1 aromatic carbocycles. The van der Waals surface area contributed by atoms with E-state index in [1.165, 1.54) is 12.3 Å². The van der Waals surface area contributed by atoms with Crippen LogP contribution in [-0.4, -0.2) is 23.2 Å². The molecular formula is C16H17NO3. The lowest BCUT2D eigenvalue weighted by Gasteiger charge is -2.12. The number of benzene rings is 1. The number of aromatic nitrogens is 1. The minimum absolute atomic E-state index is 0.215. The molecule has 1 heterocycles. The van der Waals surface area contributed by atoms with E-state index in [0.717, 1.165) is 11.1 Å². The molecule has 2 rings (SSSR count). The van der Waals surface area contributed by atoms with Gasteiger partial charge in [-0.2, -0.15) is 0 Å². The van der Waals surface area contributed by atoms with E-state index in [2.05, 4.69) is 18.8 Å². The summed E-state index contributed by atoms with van der Waals surface area (Å²) in [5.74, 6) is 0.0967. The van der Waals surface area contributed by atoms with Gasteiger partial charge in [0.2, 0.25) is 0 Å². The summed E-state index contributed by atoms with van der Waals surface area (Å²) >= 11 is 0. The summed E-state index contributed by atoms with van der Waals surface area (Å²) in [5, 5.41) is 9.07. The summed E-state index contributed by atoms with van der Waals surface area (Å²) in [6.45, 7) is 4.21. The second-order valence-electron chi connectivity index (χ2n) is 4.85. The van der Waals surface area contributed by atoms with Crippen LogP contribution in [0.25, 0.3) is 11.3 Å². The number of methoxy groups -OCH3 is 1. The molecule has 0 radical (unpaired) electrons. The number of carboxylic acids is 1. The van der Waals surface area contributed by atoms with Crippen LogP contribution in [0.5, 0.6) is 5.75 Å². The maximum atomic E-state index is 11.1. The Morgan fingerprint density at radius 3 is 2.60 bits per heavy atom. The van der Waals surface area contributed by atoms with Gasteiger partial charge >= 0.3 is 5.97 Å². The number of rotatable bonds is 4. The standard InChI is InChI=1S/C16H17NO3/c1-10(2)11-4-5-15(20-3)13(8-11)14-9-12(16(18)19)6-7-17-14/h4-10H,1-3H3,(H,18,19). The molecule has 4 nitrogen and oxygen atoms in total. The fraction of sp³-hybridized carbons (Fsp3) is 0.250. The van der Waals surface area contributed by atoms with Crippen LogP contribution in [0, 0.1) is 0 Å². The highest BCUT2D eigenvalue weighted by atomic mass is 16.5. The van der Waals surface area contributed by atoms with E-state index in [9.17, 15) is 4.79 Å². The van der Waals surface area contributed by atoms with Crippen LogP contribution in [0.4, 0.5) is 0 Å². The summed E-state index contributed by atoms with van der Waals surface area (Å²) in [6.07, 6.45) is 1.50. The van der Waals surface area contributed by atoms with Crippen molar-refractivity contribution in [3.63, 3.8) is 0 Å². The first kappa shape index (κ1) is 14.1. The van der Waals surface area contributed by atoms with Gasteiger partial charge in [-0.1, -0.05) is 19.9 Å². The molecule has 0 fully saturated rings. The lowest BCUT2D eigenvalue weighted by atomic mass is 9.98. The number of ether oxygens (including phenoxy) is 1. The van der Waals surface area contributed by atoms with Crippen molar-refractivity contribution in [3.05, 3.63) is 47.7 Å². The molecule has 0 aliphatic carbocycles. The van der Waals surface area contributed by atoms with E-state index in [1.54, 1.807) is 13.2 Å². The average Bonchev–Trinajstić information content (AvgIpc) is 2.46. The van der Waals surface area contributed by atoms with Gasteiger partial charge in [0.1, 0.15) is 5.75 Å². The van der Waals surface area contributed by atoms with Crippen molar-refractivity contribution in [2.24, 2.45) is 0 Å². The summed E-state index contributed by atoms with van der Waals surface area (Å²) in [7, 11) is 1.59. The first-order chi connectivity index (χ1) is 9.52. The van der Waals surface area contributed by atoms with E-state index in [1.807, 2.05) is 18.2 Å². The van der Waals surface area contributed by atoms with Gasteiger partial charge in [0.25, 0.3) is 0 Å². The number of carbonyl (C=O) groups is 1. The van der Waals surface area contributed by atoms with Gasteiger partial charge < -0.3 is 9.84 Å². The Labute approximate surface area is 118 Å². The van der Waals surface area contributed by atoms with Crippen LogP contribution >= 0.6 is 0 Å². The smallest absolute Gasteiger partial charge is 0.335 e. The van der Waals surface area contributed by atoms with E-state index < -0.39 is 5.97 Å². The number of carboxylic acid groups (broad SMARTS) is 1. The molecule has 2 aromatic rings. The summed E-state index contributed by atoms with van der Waals surface area (Å²) in [5.41, 5.74) is 2.78. The van der Waals surface area contributed by atoms with E-state index in [4.69, 9.17) is 9.84 Å². The molecule has 0 bridgehead atoms. The predicted molar refractivity (Wildman–Crippen MR) is 77.3 cm³/mol. The van der Waals surface area contributed by atoms with Gasteiger partial charge in [-0.05, 0) is 35.7 Å². The summed E-state index contributed by atoms with van der Waals surface area (Å²) in [6, 6.07) is 8.93. The first-order valence-corrected chi connectivity index (χ1v) is 6.40. The lowest BCUT2D eigenvalue weighted by Crippen LogP contribution is -1.99. The molecule has 0 unspecified atom stereocenters. The number of hydrogen-bond donors (Lipinski definition) is 1. The number of pyridine rings is 1. The van der Waals surface area contributed by atoms with Gasteiger partial charge in [0.15, 0.2) is 0 Å². The second-order valence-corrected chi connectivity index (χ2v) is 4.85. The maximum Gasteiger partial charge on any atom is 0.335 e. The monoisotopic (exact) mass is 271 g/mol. The molecule has 1 N–H and O–H groups in total. The Kier molecular flexibility index (Phi) is 4.03. The van der Waals surface area contributed by atoms with Crippen molar-refractivity contribution >= 4 is 5.97 Å². The highest BCUT2D eigenvalue weighted by molar-refractivity contribution is 5.89. The van der Waals surface area contributed by atoms with Gasteiger partial charge in [-0.3, -0.25) is 4.98 Å². The number of hydrogen-bond acceptors (Lipinski definition) is 3. The Morgan fingerprint density at radius 2 is 2.00 bits per heavy atom. The number of aromatic carboxylic acids is 1. The van der Waals surface area contributed by atoms with E-state index in [0.29, 0.717) is 17.4 Å². The molecule has 1 aromatic heterocycles. The zero-order valence-corrected chi connectivity index (χ0v) is 11.8. The zero-order valence-electron chi connectivity index (χ0n) is 11.8. The van der Waals surface area contributed by atoms with Crippen molar-refractivity contribution < 1.29 is 14.6 Å². The molecule has 0 aliphatic rings. The van der Waals surface area contributed by atoms with Crippen LogP contribution < -0.4 is 4.74 Å². The van der Waals surface area contributed by atoms with Gasteiger partial charge in [0, 0.05) is 11.8 Å². The van der Waals surface area contributed by atoms with Crippen molar-refractivity contribution in [2.45, 2.75) is 19.8 Å². The molecule has 4 heteroatoms. The van der Waals surface area contributed by atoms with Crippen LogP contribution in [0.2, 0.25) is 0 Å². The van der Waals surface area contributed by atoms with Crippen molar-refractivity contribution in [3.8, 4) is 17.0 Å². The maximum absolute atomic E-state index is 11.1. The lowest BCUT2D eigenvalue weighted by molar-refractivity contribution is 0.0697. The van der Waals surface area contributed by atoms with Gasteiger partial charge in [-0.15, -0.1) is 0 Å². The highest BCUT2D eigenvalue weighted by Crippen LogP contribution is 2.32. The van der Waals surface area contributed by atoms with Crippen LogP contribution in [0.1, 0.15) is 35.7 Å². The Morgan fingerprint density at radius 1 is 1.25 bits per heavy atom. The van der Waals surface area contributed by atoms with Crippen molar-refractivity contribution in [1.29, 1.82) is 0 Å². The molecule has 0 saturated carbocycles. The van der Waals surface area contributed by atoms with Crippen LogP contribution in [-0.2, 0) is 0 Å². The molecule has 0 spiro atoms.